The lowest BCUT2D eigenvalue weighted by molar-refractivity contribution is -0.192. The number of amides is 1. The second-order valence-corrected chi connectivity index (χ2v) is 12.8. The number of rotatable bonds is 7. The molecule has 1 amide bonds. The van der Waals surface area contributed by atoms with Crippen molar-refractivity contribution in [1.29, 1.82) is 0 Å². The molecular weight excluding hydrogens is 719 g/mol. The summed E-state index contributed by atoms with van der Waals surface area (Å²) >= 11 is 7.53. The Hall–Kier alpha value is -5.43. The van der Waals surface area contributed by atoms with E-state index in [2.05, 4.69) is 25.5 Å². The largest absolute Gasteiger partial charge is 0.490 e. The second-order valence-electron chi connectivity index (χ2n) is 11.4. The van der Waals surface area contributed by atoms with Gasteiger partial charge in [-0.2, -0.15) is 17.9 Å². The lowest BCUT2D eigenvalue weighted by Crippen LogP contribution is -2.38. The maximum absolute atomic E-state index is 13.5. The minimum absolute atomic E-state index is 0.165. The molecule has 0 unspecified atom stereocenters. The van der Waals surface area contributed by atoms with Gasteiger partial charge in [-0.3, -0.25) is 14.2 Å². The molecule has 2 aliphatic rings. The van der Waals surface area contributed by atoms with Gasteiger partial charge in [0.05, 0.1) is 29.3 Å². The molecule has 266 valence electrons. The first kappa shape index (κ1) is 35.4. The SMILES string of the molecule is O=C(O)C(F)(F)F.O=C(OCC(=O)N1CCCCC1)c1cc(-c2cnc([C@@H]3CCc4nc(-c5cc(Cl)ccc5-n5cnnn5)cc(=O)n43)[nH]2)cs1. The number of tetrazole rings is 1. The summed E-state index contributed by atoms with van der Waals surface area (Å²) in [4.78, 5) is 62.2. The van der Waals surface area contributed by atoms with Crippen LogP contribution in [0.5, 0.6) is 0 Å². The fourth-order valence-electron chi connectivity index (χ4n) is 5.70. The minimum atomic E-state index is -5.08. The Morgan fingerprint density at radius 3 is 2.59 bits per heavy atom. The number of carbonyl (C=O) groups is 3. The first-order valence-electron chi connectivity index (χ1n) is 15.4. The number of aromatic nitrogens is 8. The number of aryl methyl sites for hydroxylation is 1. The van der Waals surface area contributed by atoms with Crippen LogP contribution in [0.2, 0.25) is 5.02 Å². The number of carboxylic acids is 1. The van der Waals surface area contributed by atoms with E-state index in [4.69, 9.17) is 31.2 Å². The number of aliphatic carboxylic acids is 1. The monoisotopic (exact) mass is 745 g/mol. The van der Waals surface area contributed by atoms with Crippen molar-refractivity contribution in [3.63, 3.8) is 0 Å². The van der Waals surface area contributed by atoms with Gasteiger partial charge in [-0.05, 0) is 60.4 Å². The zero-order valence-corrected chi connectivity index (χ0v) is 27.9. The van der Waals surface area contributed by atoms with E-state index in [1.165, 1.54) is 28.4 Å². The first-order chi connectivity index (χ1) is 24.4. The average Bonchev–Trinajstić information content (AvgIpc) is 3.94. The minimum Gasteiger partial charge on any atom is -0.475 e. The Morgan fingerprint density at radius 1 is 1.12 bits per heavy atom. The quantitative estimate of drug-likeness (QED) is 0.226. The lowest BCUT2D eigenvalue weighted by atomic mass is 10.1. The second kappa shape index (κ2) is 14.8. The summed E-state index contributed by atoms with van der Waals surface area (Å²) in [7, 11) is 0. The fourth-order valence-corrected chi connectivity index (χ4v) is 6.67. The predicted molar refractivity (Wildman–Crippen MR) is 174 cm³/mol. The van der Waals surface area contributed by atoms with Crippen LogP contribution in [0.1, 0.15) is 53.0 Å². The number of benzene rings is 1. The highest BCUT2D eigenvalue weighted by Crippen LogP contribution is 2.33. The van der Waals surface area contributed by atoms with Crippen LogP contribution in [-0.2, 0) is 20.7 Å². The molecule has 0 radical (unpaired) electrons. The molecule has 2 N–H and O–H groups in total. The van der Waals surface area contributed by atoms with Crippen LogP contribution < -0.4 is 5.56 Å². The number of esters is 1. The van der Waals surface area contributed by atoms with Crippen LogP contribution >= 0.6 is 22.9 Å². The number of hydrogen-bond acceptors (Lipinski definition) is 11. The van der Waals surface area contributed by atoms with Crippen LogP contribution in [0, 0.1) is 0 Å². The van der Waals surface area contributed by atoms with Crippen LogP contribution in [0.15, 0.2) is 53.0 Å². The van der Waals surface area contributed by atoms with E-state index in [1.807, 2.05) is 5.38 Å². The Balaban J connectivity index is 0.000000582. The molecule has 2 aliphatic heterocycles. The number of aromatic amines is 1. The topological polar surface area (TPSA) is 191 Å². The number of nitrogens with one attached hydrogen (secondary N) is 1. The Morgan fingerprint density at radius 2 is 1.88 bits per heavy atom. The van der Waals surface area contributed by atoms with Gasteiger partial charge in [0.15, 0.2) is 6.61 Å². The van der Waals surface area contributed by atoms with Gasteiger partial charge in [-0.25, -0.2) is 19.6 Å². The van der Waals surface area contributed by atoms with Gasteiger partial charge in [-0.1, -0.05) is 11.6 Å². The molecule has 1 aromatic carbocycles. The van der Waals surface area contributed by atoms with Crippen LogP contribution in [-0.4, -0.2) is 93.5 Å². The number of likely N-dealkylation sites (tertiary alicyclic amines) is 1. The van der Waals surface area contributed by atoms with Crippen molar-refractivity contribution < 1.29 is 37.4 Å². The molecule has 1 fully saturated rings. The van der Waals surface area contributed by atoms with Crippen LogP contribution in [0.3, 0.4) is 0 Å². The highest BCUT2D eigenvalue weighted by molar-refractivity contribution is 7.12. The number of carbonyl (C=O) groups excluding carboxylic acids is 2. The van der Waals surface area contributed by atoms with Gasteiger partial charge in [0.25, 0.3) is 11.5 Å². The summed E-state index contributed by atoms with van der Waals surface area (Å²) in [6.45, 7) is 1.16. The van der Waals surface area contributed by atoms with Gasteiger partial charge in [0.1, 0.15) is 22.9 Å². The van der Waals surface area contributed by atoms with Crippen molar-refractivity contribution in [2.45, 2.75) is 44.3 Å². The third kappa shape index (κ3) is 7.99. The molecule has 1 atom stereocenters. The Kier molecular flexibility index (Phi) is 10.3. The van der Waals surface area contributed by atoms with E-state index in [1.54, 1.807) is 39.9 Å². The summed E-state index contributed by atoms with van der Waals surface area (Å²) in [6, 6.07) is 8.11. The van der Waals surface area contributed by atoms with Crippen molar-refractivity contribution >= 4 is 40.8 Å². The number of carboxylic acid groups (broad SMARTS) is 1. The maximum atomic E-state index is 13.5. The maximum Gasteiger partial charge on any atom is 0.490 e. The fraction of sp³-hybridized carbons (Fsp3) is 0.323. The lowest BCUT2D eigenvalue weighted by Gasteiger charge is -2.26. The summed E-state index contributed by atoms with van der Waals surface area (Å²) in [5.41, 5.74) is 3.01. The highest BCUT2D eigenvalue weighted by Gasteiger charge is 2.38. The Labute approximate surface area is 294 Å². The molecular formula is C31H27ClF3N9O6S. The van der Waals surface area contributed by atoms with Crippen molar-refractivity contribution in [1.82, 2.24) is 44.6 Å². The summed E-state index contributed by atoms with van der Waals surface area (Å²) in [6.07, 6.45) is 2.36. The molecule has 5 aromatic rings. The molecule has 1 saturated heterocycles. The van der Waals surface area contributed by atoms with E-state index in [-0.39, 0.29) is 24.1 Å². The summed E-state index contributed by atoms with van der Waals surface area (Å²) < 4.78 is 40.2. The third-order valence-corrected chi connectivity index (χ3v) is 9.25. The summed E-state index contributed by atoms with van der Waals surface area (Å²) in [5, 5.41) is 20.8. The molecule has 15 nitrogen and oxygen atoms in total. The highest BCUT2D eigenvalue weighted by atomic mass is 35.5. The number of halogens is 4. The molecule has 51 heavy (non-hydrogen) atoms. The number of thiophene rings is 1. The van der Waals surface area contributed by atoms with Gasteiger partial charge in [0, 0.05) is 47.1 Å². The van der Waals surface area contributed by atoms with E-state index in [9.17, 15) is 27.6 Å². The summed E-state index contributed by atoms with van der Waals surface area (Å²) in [5.74, 6) is -2.20. The van der Waals surface area contributed by atoms with Gasteiger partial charge in [0.2, 0.25) is 0 Å². The predicted octanol–water partition coefficient (Wildman–Crippen LogP) is 4.33. The van der Waals surface area contributed by atoms with E-state index < -0.39 is 18.1 Å². The van der Waals surface area contributed by atoms with E-state index in [0.29, 0.717) is 70.1 Å². The first-order valence-corrected chi connectivity index (χ1v) is 16.7. The van der Waals surface area contributed by atoms with E-state index >= 15 is 0 Å². The number of ether oxygens (including phenoxy) is 1. The molecule has 0 saturated carbocycles. The molecule has 4 aromatic heterocycles. The smallest absolute Gasteiger partial charge is 0.475 e. The van der Waals surface area contributed by atoms with Gasteiger partial charge in [-0.15, -0.1) is 16.4 Å². The molecule has 0 spiro atoms. The normalized spacial score (nSPS) is 15.5. The average molecular weight is 746 g/mol. The van der Waals surface area contributed by atoms with E-state index in [0.717, 1.165) is 24.8 Å². The zero-order valence-electron chi connectivity index (χ0n) is 26.3. The van der Waals surface area contributed by atoms with Crippen LogP contribution in [0.25, 0.3) is 28.2 Å². The number of imidazole rings is 1. The number of fused-ring (bicyclic) bond motifs is 1. The molecule has 0 aliphatic carbocycles. The molecule has 6 heterocycles. The van der Waals surface area contributed by atoms with Crippen molar-refractivity contribution in [3.8, 4) is 28.2 Å². The number of alkyl halides is 3. The molecule has 7 rings (SSSR count). The van der Waals surface area contributed by atoms with Gasteiger partial charge < -0.3 is 19.7 Å². The number of nitrogens with zero attached hydrogens (tertiary/aromatic N) is 8. The Bertz CT molecular complexity index is 2130. The van der Waals surface area contributed by atoms with Crippen molar-refractivity contribution in [2.75, 3.05) is 19.7 Å². The number of H-pyrrole nitrogens is 1. The number of piperidine rings is 1. The standard InChI is InChI=1S/C29H26ClN9O4S.C2HF3O2/c30-18-4-5-22(38-16-32-35-36-38)19(11-18)20-12-26(40)39-23(6-7-25(39)33-20)28-31-13-21(34-28)17-10-24(44-15-17)29(42)43-14-27(41)37-8-2-1-3-9-37;3-2(4,5)1(6)7/h4-5,10-13,15-16,23H,1-3,6-9,14H2,(H,31,34);(H,6,7)/t23-;/m0./s1. The van der Waals surface area contributed by atoms with Gasteiger partial charge >= 0.3 is 18.1 Å². The molecule has 0 bridgehead atoms. The van der Waals surface area contributed by atoms with Crippen molar-refractivity contribution in [2.24, 2.45) is 0 Å². The number of hydrogen-bond donors (Lipinski definition) is 2. The third-order valence-electron chi connectivity index (χ3n) is 8.11. The van der Waals surface area contributed by atoms with Crippen molar-refractivity contribution in [3.05, 3.63) is 80.1 Å². The molecule has 20 heteroatoms. The zero-order chi connectivity index (χ0) is 36.3. The van der Waals surface area contributed by atoms with Crippen LogP contribution in [0.4, 0.5) is 13.2 Å².